The van der Waals surface area contributed by atoms with Crippen molar-refractivity contribution >= 4 is 52.0 Å². The van der Waals surface area contributed by atoms with Crippen molar-refractivity contribution in [1.82, 2.24) is 19.6 Å². The van der Waals surface area contributed by atoms with E-state index in [0.717, 1.165) is 11.1 Å². The lowest BCUT2D eigenvalue weighted by Gasteiger charge is -2.07. The van der Waals surface area contributed by atoms with E-state index in [1.807, 2.05) is 36.5 Å². The normalized spacial score (nSPS) is 10.8. The van der Waals surface area contributed by atoms with Crippen LogP contribution in [0.5, 0.6) is 0 Å². The highest BCUT2D eigenvalue weighted by Gasteiger charge is 2.10. The van der Waals surface area contributed by atoms with Gasteiger partial charge in [-0.15, -0.1) is 0 Å². The molecule has 0 aliphatic heterocycles. The predicted octanol–water partition coefficient (Wildman–Crippen LogP) is 5.43. The van der Waals surface area contributed by atoms with Gasteiger partial charge in [0.05, 0.1) is 25.0 Å². The Bertz CT molecular complexity index is 1220. The van der Waals surface area contributed by atoms with Crippen LogP contribution in [0.2, 0.25) is 10.0 Å². The molecule has 0 amide bonds. The second-order valence-corrected chi connectivity index (χ2v) is 7.97. The second kappa shape index (κ2) is 9.47. The fraction of sp³-hybridized carbons (Fsp3) is 0.0952. The summed E-state index contributed by atoms with van der Waals surface area (Å²) in [5.41, 5.74) is 2.45. The number of thiocarbonyl (C=S) groups is 1. The number of halogens is 3. The van der Waals surface area contributed by atoms with Crippen LogP contribution in [-0.4, -0.2) is 24.7 Å². The van der Waals surface area contributed by atoms with Crippen molar-refractivity contribution in [1.29, 1.82) is 0 Å². The van der Waals surface area contributed by atoms with Crippen LogP contribution in [0.15, 0.2) is 67.1 Å². The highest BCUT2D eigenvalue weighted by atomic mass is 35.5. The third-order valence-corrected chi connectivity index (χ3v) is 5.21. The fourth-order valence-electron chi connectivity index (χ4n) is 2.97. The zero-order valence-corrected chi connectivity index (χ0v) is 18.4. The minimum absolute atomic E-state index is 0.297. The lowest BCUT2D eigenvalue weighted by molar-refractivity contribution is 0.619. The fourth-order valence-corrected chi connectivity index (χ4v) is 3.58. The molecule has 0 spiro atoms. The lowest BCUT2D eigenvalue weighted by Crippen LogP contribution is -2.19. The van der Waals surface area contributed by atoms with E-state index in [0.29, 0.717) is 39.8 Å². The molecule has 2 aromatic heterocycles. The standard InChI is InChI=1S/C21H17Cl2FN6S/c22-18-7-2-1-5-15(18)11-29-12-17(9-25-29)26-21(31)27-20-19(23)13-30(28-20)10-14-4-3-6-16(24)8-14/h1-9,12-13H,10-11H2,(H2,26,27,28,31). The number of aromatic nitrogens is 4. The van der Waals surface area contributed by atoms with Crippen LogP contribution in [0.1, 0.15) is 11.1 Å². The molecular formula is C21H17Cl2FN6S. The Balaban J connectivity index is 1.36. The first-order valence-corrected chi connectivity index (χ1v) is 10.4. The monoisotopic (exact) mass is 474 g/mol. The van der Waals surface area contributed by atoms with E-state index < -0.39 is 0 Å². The minimum Gasteiger partial charge on any atom is -0.330 e. The van der Waals surface area contributed by atoms with Crippen molar-refractivity contribution < 1.29 is 4.39 Å². The van der Waals surface area contributed by atoms with E-state index in [2.05, 4.69) is 20.8 Å². The molecule has 0 fully saturated rings. The molecule has 4 aromatic rings. The van der Waals surface area contributed by atoms with Gasteiger partial charge >= 0.3 is 0 Å². The Morgan fingerprint density at radius 3 is 2.61 bits per heavy atom. The number of benzene rings is 2. The minimum atomic E-state index is -0.297. The van der Waals surface area contributed by atoms with Gasteiger partial charge in [0.2, 0.25) is 0 Å². The Hall–Kier alpha value is -2.94. The molecule has 2 heterocycles. The molecule has 2 aromatic carbocycles. The number of rotatable bonds is 6. The first-order chi connectivity index (χ1) is 15.0. The molecule has 0 aliphatic carbocycles. The highest BCUT2D eigenvalue weighted by Crippen LogP contribution is 2.21. The van der Waals surface area contributed by atoms with Crippen molar-refractivity contribution in [3.05, 3.63) is 94.1 Å². The van der Waals surface area contributed by atoms with E-state index in [4.69, 9.17) is 35.4 Å². The topological polar surface area (TPSA) is 59.7 Å². The maximum absolute atomic E-state index is 13.4. The summed E-state index contributed by atoms with van der Waals surface area (Å²) >= 11 is 17.8. The van der Waals surface area contributed by atoms with Gasteiger partial charge in [0.1, 0.15) is 10.8 Å². The number of hydrogen-bond donors (Lipinski definition) is 2. The van der Waals surface area contributed by atoms with Crippen LogP contribution < -0.4 is 10.6 Å². The Morgan fingerprint density at radius 1 is 0.968 bits per heavy atom. The summed E-state index contributed by atoms with van der Waals surface area (Å²) in [6.07, 6.45) is 5.13. The molecule has 0 saturated carbocycles. The molecule has 2 N–H and O–H groups in total. The smallest absolute Gasteiger partial charge is 0.176 e. The van der Waals surface area contributed by atoms with Crippen LogP contribution in [0.3, 0.4) is 0 Å². The zero-order chi connectivity index (χ0) is 21.8. The quantitative estimate of drug-likeness (QED) is 0.364. The van der Waals surface area contributed by atoms with Crippen molar-refractivity contribution in [3.63, 3.8) is 0 Å². The average molecular weight is 475 g/mol. The predicted molar refractivity (Wildman–Crippen MR) is 125 cm³/mol. The molecule has 0 aliphatic rings. The largest absolute Gasteiger partial charge is 0.330 e. The van der Waals surface area contributed by atoms with Gasteiger partial charge in [0.15, 0.2) is 10.9 Å². The van der Waals surface area contributed by atoms with Gasteiger partial charge in [-0.2, -0.15) is 10.2 Å². The molecule has 0 saturated heterocycles. The molecule has 158 valence electrons. The number of nitrogens with one attached hydrogen (secondary N) is 2. The molecular weight excluding hydrogens is 458 g/mol. The summed E-state index contributed by atoms with van der Waals surface area (Å²) in [4.78, 5) is 0. The summed E-state index contributed by atoms with van der Waals surface area (Å²) in [5, 5.41) is 16.1. The van der Waals surface area contributed by atoms with Crippen LogP contribution in [0.4, 0.5) is 15.9 Å². The van der Waals surface area contributed by atoms with Gasteiger partial charge in [0, 0.05) is 17.4 Å². The third kappa shape index (κ3) is 5.61. The van der Waals surface area contributed by atoms with E-state index in [9.17, 15) is 4.39 Å². The Kier molecular flexibility index (Phi) is 6.50. The lowest BCUT2D eigenvalue weighted by atomic mass is 10.2. The zero-order valence-electron chi connectivity index (χ0n) is 16.1. The molecule has 0 unspecified atom stereocenters. The van der Waals surface area contributed by atoms with Gasteiger partial charge < -0.3 is 10.6 Å². The first-order valence-electron chi connectivity index (χ1n) is 9.27. The van der Waals surface area contributed by atoms with Gasteiger partial charge in [-0.25, -0.2) is 4.39 Å². The number of hydrogen-bond acceptors (Lipinski definition) is 3. The van der Waals surface area contributed by atoms with E-state index >= 15 is 0 Å². The number of nitrogens with zero attached hydrogens (tertiary/aromatic N) is 4. The molecule has 6 nitrogen and oxygen atoms in total. The summed E-state index contributed by atoms with van der Waals surface area (Å²) in [6, 6.07) is 13.9. The van der Waals surface area contributed by atoms with Gasteiger partial charge in [-0.1, -0.05) is 53.5 Å². The van der Waals surface area contributed by atoms with Gasteiger partial charge in [-0.3, -0.25) is 9.36 Å². The van der Waals surface area contributed by atoms with Crippen LogP contribution >= 0.6 is 35.4 Å². The molecule has 10 heteroatoms. The van der Waals surface area contributed by atoms with Gasteiger partial charge in [-0.05, 0) is 41.5 Å². The number of anilines is 2. The highest BCUT2D eigenvalue weighted by molar-refractivity contribution is 7.80. The van der Waals surface area contributed by atoms with Crippen molar-refractivity contribution in [2.45, 2.75) is 13.1 Å². The van der Waals surface area contributed by atoms with Gasteiger partial charge in [0.25, 0.3) is 0 Å². The Labute approximate surface area is 193 Å². The van der Waals surface area contributed by atoms with Crippen molar-refractivity contribution in [2.24, 2.45) is 0 Å². The first kappa shape index (κ1) is 21.3. The maximum Gasteiger partial charge on any atom is 0.176 e. The second-order valence-electron chi connectivity index (χ2n) is 6.75. The molecule has 0 atom stereocenters. The van der Waals surface area contributed by atoms with Crippen LogP contribution in [0, 0.1) is 5.82 Å². The molecule has 31 heavy (non-hydrogen) atoms. The molecule has 4 rings (SSSR count). The summed E-state index contributed by atoms with van der Waals surface area (Å²) in [7, 11) is 0. The average Bonchev–Trinajstić information content (AvgIpc) is 3.29. The third-order valence-electron chi connectivity index (χ3n) is 4.36. The van der Waals surface area contributed by atoms with E-state index in [-0.39, 0.29) is 5.82 Å². The summed E-state index contributed by atoms with van der Waals surface area (Å²) < 4.78 is 16.7. The van der Waals surface area contributed by atoms with Crippen LogP contribution in [-0.2, 0) is 13.1 Å². The summed E-state index contributed by atoms with van der Waals surface area (Å²) in [5.74, 6) is 0.105. The molecule has 0 bridgehead atoms. The van der Waals surface area contributed by atoms with Crippen molar-refractivity contribution in [3.8, 4) is 0 Å². The molecule has 0 radical (unpaired) electrons. The maximum atomic E-state index is 13.4. The summed E-state index contributed by atoms with van der Waals surface area (Å²) in [6.45, 7) is 0.923. The van der Waals surface area contributed by atoms with Crippen LogP contribution in [0.25, 0.3) is 0 Å². The van der Waals surface area contributed by atoms with E-state index in [1.165, 1.54) is 12.1 Å². The Morgan fingerprint density at radius 2 is 1.81 bits per heavy atom. The van der Waals surface area contributed by atoms with E-state index in [1.54, 1.807) is 27.8 Å². The van der Waals surface area contributed by atoms with Crippen molar-refractivity contribution in [2.75, 3.05) is 10.6 Å². The SMILES string of the molecule is Fc1cccc(Cn2cc(Cl)c(NC(=S)Nc3cnn(Cc4ccccc4Cl)c3)n2)c1.